The van der Waals surface area contributed by atoms with Gasteiger partial charge in [0, 0.05) is 29.4 Å². The molecule has 0 fully saturated rings. The van der Waals surface area contributed by atoms with Gasteiger partial charge in [0.1, 0.15) is 5.82 Å². The van der Waals surface area contributed by atoms with E-state index < -0.39 is 17.7 Å². The Labute approximate surface area is 125 Å². The van der Waals surface area contributed by atoms with Gasteiger partial charge in [-0.15, -0.1) is 0 Å². The fourth-order valence-corrected chi connectivity index (χ4v) is 2.78. The molecule has 0 spiro atoms. The van der Waals surface area contributed by atoms with Crippen molar-refractivity contribution in [3.05, 3.63) is 58.4 Å². The molecule has 21 heavy (non-hydrogen) atoms. The highest BCUT2D eigenvalue weighted by atomic mass is 35.5. The van der Waals surface area contributed by atoms with Crippen molar-refractivity contribution in [1.29, 1.82) is 0 Å². The molecule has 2 aromatic rings. The van der Waals surface area contributed by atoms with E-state index in [9.17, 15) is 13.6 Å². The van der Waals surface area contributed by atoms with Crippen LogP contribution < -0.4 is 4.90 Å². The largest absolute Gasteiger partial charge is 0.305 e. The van der Waals surface area contributed by atoms with E-state index in [4.69, 9.17) is 11.6 Å². The molecule has 1 aromatic heterocycles. The van der Waals surface area contributed by atoms with E-state index in [1.54, 1.807) is 0 Å². The van der Waals surface area contributed by atoms with Crippen molar-refractivity contribution in [2.45, 2.75) is 12.8 Å². The Balaban J connectivity index is 2.06. The Bertz CT molecular complexity index is 721. The summed E-state index contributed by atoms with van der Waals surface area (Å²) in [5.74, 6) is -1.71. The lowest BCUT2D eigenvalue weighted by atomic mass is 10.0. The van der Waals surface area contributed by atoms with Crippen LogP contribution in [0, 0.1) is 11.8 Å². The van der Waals surface area contributed by atoms with Gasteiger partial charge >= 0.3 is 0 Å². The second-order valence-corrected chi connectivity index (χ2v) is 5.19. The summed E-state index contributed by atoms with van der Waals surface area (Å²) in [6.45, 7) is 0.368. The van der Waals surface area contributed by atoms with Crippen molar-refractivity contribution in [1.82, 2.24) is 4.98 Å². The number of fused-ring (bicyclic) bond motifs is 1. The van der Waals surface area contributed by atoms with Crippen molar-refractivity contribution >= 4 is 23.2 Å². The quantitative estimate of drug-likeness (QED) is 0.754. The van der Waals surface area contributed by atoms with E-state index in [0.717, 1.165) is 6.07 Å². The maximum absolute atomic E-state index is 14.1. The summed E-state index contributed by atoms with van der Waals surface area (Å²) in [4.78, 5) is 17.2. The average Bonchev–Trinajstić information content (AvgIpc) is 2.50. The van der Waals surface area contributed by atoms with Gasteiger partial charge in [-0.2, -0.15) is 4.39 Å². The Hall–Kier alpha value is -2.01. The maximum Gasteiger partial charge on any atom is 0.258 e. The van der Waals surface area contributed by atoms with E-state index in [2.05, 4.69) is 4.98 Å². The van der Waals surface area contributed by atoms with Gasteiger partial charge in [0.05, 0.1) is 5.69 Å². The van der Waals surface area contributed by atoms with Crippen molar-refractivity contribution < 1.29 is 13.6 Å². The average molecular weight is 309 g/mol. The van der Waals surface area contributed by atoms with Gasteiger partial charge in [0.25, 0.3) is 5.91 Å². The first-order chi connectivity index (χ1) is 10.1. The van der Waals surface area contributed by atoms with Gasteiger partial charge in [0.2, 0.25) is 5.95 Å². The van der Waals surface area contributed by atoms with Crippen LogP contribution in [0.1, 0.15) is 22.3 Å². The lowest BCUT2D eigenvalue weighted by molar-refractivity contribution is 0.0983. The molecule has 0 radical (unpaired) electrons. The minimum atomic E-state index is -0.746. The Morgan fingerprint density at radius 2 is 2.10 bits per heavy atom. The predicted octanol–water partition coefficient (Wildman–Crippen LogP) is 3.61. The molecule has 3 rings (SSSR count). The molecule has 0 atom stereocenters. The van der Waals surface area contributed by atoms with Crippen molar-refractivity contribution in [2.24, 2.45) is 0 Å². The molecule has 0 unspecified atom stereocenters. The van der Waals surface area contributed by atoms with Crippen LogP contribution in [0.5, 0.6) is 0 Å². The molecule has 1 amide bonds. The van der Waals surface area contributed by atoms with Gasteiger partial charge < -0.3 is 4.90 Å². The molecule has 1 aliphatic rings. The highest BCUT2D eigenvalue weighted by Gasteiger charge is 2.28. The topological polar surface area (TPSA) is 33.2 Å². The maximum atomic E-state index is 14.1. The molecule has 0 bridgehead atoms. The highest BCUT2D eigenvalue weighted by molar-refractivity contribution is 6.32. The van der Waals surface area contributed by atoms with E-state index in [1.165, 1.54) is 29.3 Å². The number of amides is 1. The number of hydrogen-bond donors (Lipinski definition) is 0. The molecule has 0 saturated heterocycles. The normalized spacial score (nSPS) is 14.0. The van der Waals surface area contributed by atoms with Crippen LogP contribution in [-0.4, -0.2) is 17.4 Å². The fourth-order valence-electron chi connectivity index (χ4n) is 2.53. The van der Waals surface area contributed by atoms with E-state index in [-0.39, 0.29) is 11.3 Å². The lowest BCUT2D eigenvalue weighted by Crippen LogP contribution is -2.36. The molecule has 1 aliphatic heterocycles. The van der Waals surface area contributed by atoms with Crippen LogP contribution >= 0.6 is 11.6 Å². The molecular formula is C15H11ClF2N2O. The van der Waals surface area contributed by atoms with Crippen LogP contribution in [0.3, 0.4) is 0 Å². The first-order valence-corrected chi connectivity index (χ1v) is 6.86. The smallest absolute Gasteiger partial charge is 0.258 e. The second kappa shape index (κ2) is 5.41. The summed E-state index contributed by atoms with van der Waals surface area (Å²) >= 11 is 6.08. The number of rotatable bonds is 1. The van der Waals surface area contributed by atoms with Crippen molar-refractivity contribution in [2.75, 3.05) is 11.4 Å². The minimum absolute atomic E-state index is 0.134. The monoisotopic (exact) mass is 308 g/mol. The van der Waals surface area contributed by atoms with Gasteiger partial charge in [-0.05, 0) is 36.6 Å². The summed E-state index contributed by atoms with van der Waals surface area (Å²) < 4.78 is 27.3. The summed E-state index contributed by atoms with van der Waals surface area (Å²) in [5, 5.41) is 0.435. The molecule has 1 aromatic carbocycles. The van der Waals surface area contributed by atoms with Gasteiger partial charge in [0.15, 0.2) is 0 Å². The molecule has 6 heteroatoms. The molecule has 2 heterocycles. The molecular weight excluding hydrogens is 298 g/mol. The SMILES string of the molecule is O=C(c1ccnc(F)c1)N1CCCc2c(Cl)ccc(F)c21. The van der Waals surface area contributed by atoms with Crippen LogP contribution in [0.4, 0.5) is 14.5 Å². The predicted molar refractivity (Wildman–Crippen MR) is 75.6 cm³/mol. The summed E-state index contributed by atoms with van der Waals surface area (Å²) in [5.41, 5.74) is 0.941. The van der Waals surface area contributed by atoms with Gasteiger partial charge in [-0.25, -0.2) is 9.37 Å². The number of benzene rings is 1. The first kappa shape index (κ1) is 13.9. The van der Waals surface area contributed by atoms with E-state index >= 15 is 0 Å². The highest BCUT2D eigenvalue weighted by Crippen LogP contribution is 2.35. The minimum Gasteiger partial charge on any atom is -0.305 e. The zero-order valence-electron chi connectivity index (χ0n) is 10.9. The number of anilines is 1. The number of carbonyl (C=O) groups is 1. The number of carbonyl (C=O) groups excluding carboxylic acids is 1. The van der Waals surface area contributed by atoms with Gasteiger partial charge in [-0.3, -0.25) is 4.79 Å². The Morgan fingerprint density at radius 1 is 1.29 bits per heavy atom. The third kappa shape index (κ3) is 2.49. The number of aromatic nitrogens is 1. The van der Waals surface area contributed by atoms with Crippen molar-refractivity contribution in [3.8, 4) is 0 Å². The van der Waals surface area contributed by atoms with Crippen LogP contribution in [0.25, 0.3) is 0 Å². The summed E-state index contributed by atoms with van der Waals surface area (Å²) in [7, 11) is 0. The van der Waals surface area contributed by atoms with E-state index in [1.807, 2.05) is 0 Å². The second-order valence-electron chi connectivity index (χ2n) is 4.78. The zero-order chi connectivity index (χ0) is 15.0. The number of pyridine rings is 1. The molecule has 0 saturated carbocycles. The van der Waals surface area contributed by atoms with Crippen LogP contribution in [-0.2, 0) is 6.42 Å². The molecule has 3 nitrogen and oxygen atoms in total. The number of nitrogens with zero attached hydrogens (tertiary/aromatic N) is 2. The van der Waals surface area contributed by atoms with Crippen LogP contribution in [0.2, 0.25) is 5.02 Å². The van der Waals surface area contributed by atoms with Crippen molar-refractivity contribution in [3.63, 3.8) is 0 Å². The Kier molecular flexibility index (Phi) is 3.59. The summed E-state index contributed by atoms with van der Waals surface area (Å²) in [6, 6.07) is 5.16. The first-order valence-electron chi connectivity index (χ1n) is 6.48. The zero-order valence-corrected chi connectivity index (χ0v) is 11.7. The molecule has 0 N–H and O–H groups in total. The third-order valence-electron chi connectivity index (χ3n) is 3.47. The van der Waals surface area contributed by atoms with E-state index in [0.29, 0.717) is 30.0 Å². The van der Waals surface area contributed by atoms with Crippen LogP contribution in [0.15, 0.2) is 30.5 Å². The lowest BCUT2D eigenvalue weighted by Gasteiger charge is -2.30. The Morgan fingerprint density at radius 3 is 2.86 bits per heavy atom. The van der Waals surface area contributed by atoms with Gasteiger partial charge in [-0.1, -0.05) is 11.6 Å². The standard InChI is InChI=1S/C15H11ClF2N2O/c16-11-3-4-12(17)14-10(11)2-1-7-20(14)15(21)9-5-6-19-13(18)8-9/h3-6,8H,1-2,7H2. The molecule has 0 aliphatic carbocycles. The number of halogens is 3. The number of hydrogen-bond acceptors (Lipinski definition) is 2. The summed E-state index contributed by atoms with van der Waals surface area (Å²) in [6.07, 6.45) is 2.50. The fraction of sp³-hybridized carbons (Fsp3) is 0.200. The molecule has 108 valence electrons. The third-order valence-corrected chi connectivity index (χ3v) is 3.83.